The fraction of sp³-hybridized carbons (Fsp3) is 0.0455. The first kappa shape index (κ1) is 17.9. The lowest BCUT2D eigenvalue weighted by molar-refractivity contribution is 0.102. The van der Waals surface area contributed by atoms with E-state index in [4.69, 9.17) is 11.6 Å². The molecule has 0 radical (unpaired) electrons. The van der Waals surface area contributed by atoms with Gasteiger partial charge in [0.2, 0.25) is 5.95 Å². The summed E-state index contributed by atoms with van der Waals surface area (Å²) in [5.41, 5.74) is 3.80. The molecule has 1 amide bonds. The van der Waals surface area contributed by atoms with Crippen molar-refractivity contribution in [2.45, 2.75) is 5.88 Å². The number of amides is 1. The number of anilines is 1. The van der Waals surface area contributed by atoms with Gasteiger partial charge in [-0.25, -0.2) is 4.98 Å². The minimum atomic E-state index is -0.330. The van der Waals surface area contributed by atoms with Crippen LogP contribution in [0, 0.1) is 0 Å². The van der Waals surface area contributed by atoms with Gasteiger partial charge in [-0.1, -0.05) is 54.6 Å². The summed E-state index contributed by atoms with van der Waals surface area (Å²) >= 11 is 5.78. The van der Waals surface area contributed by atoms with E-state index in [-0.39, 0.29) is 5.91 Å². The molecule has 6 heteroatoms. The summed E-state index contributed by atoms with van der Waals surface area (Å²) in [7, 11) is 0. The minimum Gasteiger partial charge on any atom is -0.290 e. The number of halogens is 1. The summed E-state index contributed by atoms with van der Waals surface area (Å²) < 4.78 is 1.85. The highest BCUT2D eigenvalue weighted by Gasteiger charge is 2.15. The summed E-state index contributed by atoms with van der Waals surface area (Å²) in [6.45, 7) is 0. The zero-order chi connectivity index (χ0) is 19.3. The Labute approximate surface area is 167 Å². The molecule has 2 aromatic carbocycles. The van der Waals surface area contributed by atoms with E-state index in [0.717, 1.165) is 22.5 Å². The third-order valence-corrected chi connectivity index (χ3v) is 4.56. The molecule has 4 rings (SSSR count). The number of nitrogens with one attached hydrogen (secondary N) is 1. The third kappa shape index (κ3) is 3.80. The van der Waals surface area contributed by atoms with Gasteiger partial charge in [0, 0.05) is 29.5 Å². The maximum atomic E-state index is 12.7. The molecule has 2 aromatic heterocycles. The Morgan fingerprint density at radius 3 is 2.32 bits per heavy atom. The highest BCUT2D eigenvalue weighted by Crippen LogP contribution is 2.24. The number of hydrogen-bond acceptors (Lipinski definition) is 3. The van der Waals surface area contributed by atoms with Crippen molar-refractivity contribution in [1.82, 2.24) is 14.5 Å². The van der Waals surface area contributed by atoms with Crippen molar-refractivity contribution in [1.29, 1.82) is 0 Å². The number of carbonyl (C=O) groups excluding carboxylic acids is 1. The van der Waals surface area contributed by atoms with Gasteiger partial charge < -0.3 is 0 Å². The van der Waals surface area contributed by atoms with Crippen molar-refractivity contribution in [2.75, 3.05) is 5.32 Å². The van der Waals surface area contributed by atoms with Crippen LogP contribution in [-0.4, -0.2) is 20.4 Å². The molecule has 0 aliphatic carbocycles. The van der Waals surface area contributed by atoms with Crippen LogP contribution in [0.5, 0.6) is 0 Å². The van der Waals surface area contributed by atoms with Crippen molar-refractivity contribution in [3.63, 3.8) is 0 Å². The molecule has 0 atom stereocenters. The lowest BCUT2D eigenvalue weighted by Crippen LogP contribution is -2.16. The average Bonchev–Trinajstić information content (AvgIpc) is 3.19. The zero-order valence-corrected chi connectivity index (χ0v) is 15.7. The molecule has 0 bridgehead atoms. The predicted octanol–water partition coefficient (Wildman–Crippen LogP) is 4.93. The summed E-state index contributed by atoms with van der Waals surface area (Å²) in [4.78, 5) is 21.5. The van der Waals surface area contributed by atoms with Gasteiger partial charge >= 0.3 is 0 Å². The molecular weight excluding hydrogens is 372 g/mol. The molecule has 0 unspecified atom stereocenters. The van der Waals surface area contributed by atoms with Gasteiger partial charge in [0.1, 0.15) is 5.69 Å². The van der Waals surface area contributed by atoms with E-state index in [1.54, 1.807) is 18.3 Å². The molecule has 4 aromatic rings. The standard InChI is InChI=1S/C22H17ClN4O/c23-13-16-11-12-19(24-14-16)21(28)26-22-25-20(17-7-3-1-4-8-17)15-27(22)18-9-5-2-6-10-18/h1-12,14-15H,13H2,(H,25,26,28). The Balaban J connectivity index is 1.70. The predicted molar refractivity (Wildman–Crippen MR) is 111 cm³/mol. The van der Waals surface area contributed by atoms with Crippen LogP contribution in [0.3, 0.4) is 0 Å². The van der Waals surface area contributed by atoms with Crippen molar-refractivity contribution >= 4 is 23.5 Å². The Morgan fingerprint density at radius 2 is 1.68 bits per heavy atom. The number of para-hydroxylation sites is 1. The molecule has 0 aliphatic heterocycles. The van der Waals surface area contributed by atoms with Gasteiger partial charge in [0.05, 0.1) is 5.69 Å². The number of hydrogen-bond donors (Lipinski definition) is 1. The van der Waals surface area contributed by atoms with Gasteiger partial charge in [-0.2, -0.15) is 0 Å². The van der Waals surface area contributed by atoms with Crippen molar-refractivity contribution in [2.24, 2.45) is 0 Å². The SMILES string of the molecule is O=C(Nc1nc(-c2ccccc2)cn1-c1ccccc1)c1ccc(CCl)cn1. The monoisotopic (exact) mass is 388 g/mol. The Hall–Kier alpha value is -3.44. The minimum absolute atomic E-state index is 0.303. The van der Waals surface area contributed by atoms with Gasteiger partial charge in [-0.05, 0) is 23.8 Å². The summed E-state index contributed by atoms with van der Waals surface area (Å²) in [6.07, 6.45) is 3.51. The number of imidazole rings is 1. The molecule has 0 aliphatic rings. The second-order valence-electron chi connectivity index (χ2n) is 6.16. The second kappa shape index (κ2) is 8.06. The van der Waals surface area contributed by atoms with Crippen LogP contribution in [0.15, 0.2) is 85.2 Å². The smallest absolute Gasteiger partial charge is 0.276 e. The van der Waals surface area contributed by atoms with Gasteiger partial charge in [0.15, 0.2) is 0 Å². The van der Waals surface area contributed by atoms with Crippen LogP contribution in [0.1, 0.15) is 16.1 Å². The van der Waals surface area contributed by atoms with Crippen molar-refractivity contribution < 1.29 is 4.79 Å². The third-order valence-electron chi connectivity index (χ3n) is 4.25. The van der Waals surface area contributed by atoms with E-state index in [9.17, 15) is 4.79 Å². The maximum Gasteiger partial charge on any atom is 0.276 e. The van der Waals surface area contributed by atoms with Crippen LogP contribution in [0.2, 0.25) is 0 Å². The molecule has 2 heterocycles. The number of pyridine rings is 1. The van der Waals surface area contributed by atoms with Gasteiger partial charge in [0.25, 0.3) is 5.91 Å². The van der Waals surface area contributed by atoms with Crippen LogP contribution >= 0.6 is 11.6 Å². The van der Waals surface area contributed by atoms with Crippen LogP contribution < -0.4 is 5.32 Å². The molecule has 28 heavy (non-hydrogen) atoms. The lowest BCUT2D eigenvalue weighted by atomic mass is 10.2. The largest absolute Gasteiger partial charge is 0.290 e. The van der Waals surface area contributed by atoms with Crippen LogP contribution in [-0.2, 0) is 5.88 Å². The number of rotatable bonds is 5. The van der Waals surface area contributed by atoms with Gasteiger partial charge in [-0.3, -0.25) is 19.7 Å². The number of carbonyl (C=O) groups is 1. The number of aromatic nitrogens is 3. The summed E-state index contributed by atoms with van der Waals surface area (Å²) in [5.74, 6) is 0.454. The fourth-order valence-electron chi connectivity index (χ4n) is 2.81. The average molecular weight is 389 g/mol. The van der Waals surface area contributed by atoms with Crippen LogP contribution in [0.25, 0.3) is 16.9 Å². The molecule has 138 valence electrons. The van der Waals surface area contributed by atoms with E-state index in [0.29, 0.717) is 17.5 Å². The number of benzene rings is 2. The molecule has 0 fully saturated rings. The first-order chi connectivity index (χ1) is 13.7. The lowest BCUT2D eigenvalue weighted by Gasteiger charge is -2.08. The second-order valence-corrected chi connectivity index (χ2v) is 6.43. The van der Waals surface area contributed by atoms with E-state index in [1.165, 1.54) is 0 Å². The topological polar surface area (TPSA) is 59.8 Å². The highest BCUT2D eigenvalue weighted by atomic mass is 35.5. The number of alkyl halides is 1. The number of nitrogens with zero attached hydrogens (tertiary/aromatic N) is 3. The first-order valence-electron chi connectivity index (χ1n) is 8.77. The molecule has 1 N–H and O–H groups in total. The molecule has 5 nitrogen and oxygen atoms in total. The Morgan fingerprint density at radius 1 is 0.964 bits per heavy atom. The normalized spacial score (nSPS) is 10.6. The maximum absolute atomic E-state index is 12.7. The molecular formula is C22H17ClN4O. The van der Waals surface area contributed by atoms with E-state index in [1.807, 2.05) is 71.4 Å². The Bertz CT molecular complexity index is 1080. The van der Waals surface area contributed by atoms with Crippen molar-refractivity contribution in [3.8, 4) is 16.9 Å². The van der Waals surface area contributed by atoms with E-state index < -0.39 is 0 Å². The van der Waals surface area contributed by atoms with Gasteiger partial charge in [-0.15, -0.1) is 11.6 Å². The molecule has 0 saturated heterocycles. The first-order valence-corrected chi connectivity index (χ1v) is 9.30. The summed E-state index contributed by atoms with van der Waals surface area (Å²) in [6, 6.07) is 23.0. The summed E-state index contributed by atoms with van der Waals surface area (Å²) in [5, 5.41) is 2.87. The zero-order valence-electron chi connectivity index (χ0n) is 14.9. The van der Waals surface area contributed by atoms with E-state index >= 15 is 0 Å². The quantitative estimate of drug-likeness (QED) is 0.493. The molecule has 0 spiro atoms. The van der Waals surface area contributed by atoms with E-state index in [2.05, 4.69) is 15.3 Å². The van der Waals surface area contributed by atoms with Crippen molar-refractivity contribution in [3.05, 3.63) is 96.4 Å². The Kier molecular flexibility index (Phi) is 5.17. The van der Waals surface area contributed by atoms with Crippen LogP contribution in [0.4, 0.5) is 5.95 Å². The highest BCUT2D eigenvalue weighted by molar-refractivity contribution is 6.17. The molecule has 0 saturated carbocycles. The fourth-order valence-corrected chi connectivity index (χ4v) is 2.96.